The lowest BCUT2D eigenvalue weighted by Gasteiger charge is -2.27. The number of rotatable bonds is 4. The first-order valence-corrected chi connectivity index (χ1v) is 8.23. The van der Waals surface area contributed by atoms with Gasteiger partial charge < -0.3 is 4.74 Å². The number of hydrogen-bond acceptors (Lipinski definition) is 5. The quantitative estimate of drug-likeness (QED) is 0.671. The number of halogens is 1. The van der Waals surface area contributed by atoms with Crippen LogP contribution in [0.2, 0.25) is 5.02 Å². The van der Waals surface area contributed by atoms with Crippen LogP contribution in [0.3, 0.4) is 0 Å². The molecule has 0 amide bonds. The summed E-state index contributed by atoms with van der Waals surface area (Å²) >= 11 is 5.68. The first kappa shape index (κ1) is 16.2. The number of benzene rings is 1. The van der Waals surface area contributed by atoms with Crippen molar-refractivity contribution in [1.29, 1.82) is 0 Å². The summed E-state index contributed by atoms with van der Waals surface area (Å²) in [6.45, 7) is 2.35. The molecular formula is C12H15ClN2O5S. The third-order valence-electron chi connectivity index (χ3n) is 3.23. The summed E-state index contributed by atoms with van der Waals surface area (Å²) in [6.07, 6.45) is 1.11. The highest BCUT2D eigenvalue weighted by atomic mass is 35.5. The molecule has 9 heteroatoms. The average Bonchev–Trinajstić information content (AvgIpc) is 2.38. The summed E-state index contributed by atoms with van der Waals surface area (Å²) in [7, 11) is -3.82. The van der Waals surface area contributed by atoms with E-state index in [0.29, 0.717) is 19.4 Å². The molecule has 0 spiro atoms. The molecule has 0 bridgehead atoms. The van der Waals surface area contributed by atoms with Gasteiger partial charge in [0, 0.05) is 18.7 Å². The van der Waals surface area contributed by atoms with Crippen LogP contribution in [0.4, 0.5) is 5.69 Å². The highest BCUT2D eigenvalue weighted by molar-refractivity contribution is 7.89. The molecule has 21 heavy (non-hydrogen) atoms. The molecule has 2 rings (SSSR count). The molecule has 1 aromatic carbocycles. The molecule has 0 radical (unpaired) electrons. The fourth-order valence-electron chi connectivity index (χ4n) is 2.19. The molecule has 1 aromatic rings. The van der Waals surface area contributed by atoms with Crippen LogP contribution in [0.25, 0.3) is 0 Å². The Labute approximate surface area is 127 Å². The van der Waals surface area contributed by atoms with Gasteiger partial charge in [-0.1, -0.05) is 11.6 Å². The summed E-state index contributed by atoms with van der Waals surface area (Å²) < 4.78 is 32.5. The van der Waals surface area contributed by atoms with Gasteiger partial charge in [0.05, 0.1) is 15.9 Å². The normalized spacial score (nSPS) is 23.0. The maximum atomic E-state index is 12.3. The molecule has 7 nitrogen and oxygen atoms in total. The maximum Gasteiger partial charge on any atom is 0.289 e. The van der Waals surface area contributed by atoms with E-state index < -0.39 is 20.6 Å². The van der Waals surface area contributed by atoms with Crippen LogP contribution in [0.5, 0.6) is 0 Å². The second kappa shape index (κ2) is 6.27. The lowest BCUT2D eigenvalue weighted by atomic mass is 10.1. The van der Waals surface area contributed by atoms with E-state index >= 15 is 0 Å². The molecule has 0 saturated carbocycles. The highest BCUT2D eigenvalue weighted by Crippen LogP contribution is 2.27. The second-order valence-corrected chi connectivity index (χ2v) is 7.02. The van der Waals surface area contributed by atoms with Crippen LogP contribution in [0.15, 0.2) is 23.1 Å². The van der Waals surface area contributed by atoms with Gasteiger partial charge in [-0.2, -0.15) is 0 Å². The van der Waals surface area contributed by atoms with Crippen molar-refractivity contribution in [2.24, 2.45) is 0 Å². The summed E-state index contributed by atoms with van der Waals surface area (Å²) in [5, 5.41) is 10.7. The average molecular weight is 335 g/mol. The standard InChI is InChI=1S/C12H15ClN2O5S/c1-8-6-9(4-5-20-8)14-21(18,19)10-2-3-11(13)12(7-10)15(16)17/h2-3,7-9,14H,4-6H2,1H3. The third-order valence-corrected chi connectivity index (χ3v) is 5.07. The molecule has 1 fully saturated rings. The van der Waals surface area contributed by atoms with E-state index in [1.807, 2.05) is 6.92 Å². The Bertz CT molecular complexity index is 649. The fraction of sp³-hybridized carbons (Fsp3) is 0.500. The van der Waals surface area contributed by atoms with E-state index in [0.717, 1.165) is 6.07 Å². The summed E-state index contributed by atoms with van der Waals surface area (Å²) in [6, 6.07) is 3.18. The van der Waals surface area contributed by atoms with Crippen LogP contribution < -0.4 is 4.72 Å². The first-order valence-electron chi connectivity index (χ1n) is 6.37. The van der Waals surface area contributed by atoms with Crippen LogP contribution in [0, 0.1) is 10.1 Å². The summed E-state index contributed by atoms with van der Waals surface area (Å²) in [4.78, 5) is 9.94. The van der Waals surface area contributed by atoms with Gasteiger partial charge in [0.15, 0.2) is 0 Å². The zero-order valence-electron chi connectivity index (χ0n) is 11.3. The monoisotopic (exact) mass is 334 g/mol. The van der Waals surface area contributed by atoms with Crippen LogP contribution in [-0.2, 0) is 14.8 Å². The van der Waals surface area contributed by atoms with Crippen molar-refractivity contribution >= 4 is 27.3 Å². The third kappa shape index (κ3) is 3.91. The number of hydrogen-bond donors (Lipinski definition) is 1. The Balaban J connectivity index is 2.23. The molecule has 2 unspecified atom stereocenters. The number of ether oxygens (including phenoxy) is 1. The van der Waals surface area contributed by atoms with Gasteiger partial charge in [0.2, 0.25) is 10.0 Å². The van der Waals surface area contributed by atoms with Crippen molar-refractivity contribution in [1.82, 2.24) is 4.72 Å². The zero-order chi connectivity index (χ0) is 15.6. The van der Waals surface area contributed by atoms with Gasteiger partial charge in [0.25, 0.3) is 5.69 Å². The predicted octanol–water partition coefficient (Wildman–Crippen LogP) is 2.09. The minimum Gasteiger partial charge on any atom is -0.378 e. The van der Waals surface area contributed by atoms with Crippen molar-refractivity contribution in [3.8, 4) is 0 Å². The largest absolute Gasteiger partial charge is 0.378 e. The molecule has 1 aliphatic rings. The van der Waals surface area contributed by atoms with Crippen molar-refractivity contribution in [2.75, 3.05) is 6.61 Å². The van der Waals surface area contributed by atoms with Crippen molar-refractivity contribution < 1.29 is 18.1 Å². The first-order chi connectivity index (χ1) is 9.79. The fourth-order valence-corrected chi connectivity index (χ4v) is 3.68. The predicted molar refractivity (Wildman–Crippen MR) is 76.9 cm³/mol. The van der Waals surface area contributed by atoms with E-state index in [4.69, 9.17) is 16.3 Å². The van der Waals surface area contributed by atoms with Gasteiger partial charge in [-0.05, 0) is 31.9 Å². The Kier molecular flexibility index (Phi) is 4.82. The number of sulfonamides is 1. The molecule has 1 saturated heterocycles. The van der Waals surface area contributed by atoms with Crippen molar-refractivity contribution in [3.63, 3.8) is 0 Å². The Hall–Kier alpha value is -1.22. The SMILES string of the molecule is CC1CC(NS(=O)(=O)c2ccc(Cl)c([N+](=O)[O-])c2)CCO1. The summed E-state index contributed by atoms with van der Waals surface area (Å²) in [5.74, 6) is 0. The number of nitrogens with zero attached hydrogens (tertiary/aromatic N) is 1. The number of nitro benzene ring substituents is 1. The Morgan fingerprint density at radius 3 is 2.81 bits per heavy atom. The lowest BCUT2D eigenvalue weighted by molar-refractivity contribution is -0.384. The van der Waals surface area contributed by atoms with E-state index in [2.05, 4.69) is 4.72 Å². The molecule has 1 heterocycles. The second-order valence-electron chi connectivity index (χ2n) is 4.89. The van der Waals surface area contributed by atoms with Crippen molar-refractivity contribution in [3.05, 3.63) is 33.3 Å². The van der Waals surface area contributed by atoms with Gasteiger partial charge in [0.1, 0.15) is 5.02 Å². The minimum atomic E-state index is -3.82. The van der Waals surface area contributed by atoms with Crippen LogP contribution >= 0.6 is 11.6 Å². The van der Waals surface area contributed by atoms with Gasteiger partial charge >= 0.3 is 0 Å². The molecule has 0 aromatic heterocycles. The topological polar surface area (TPSA) is 98.5 Å². The van der Waals surface area contributed by atoms with Crippen molar-refractivity contribution in [2.45, 2.75) is 36.8 Å². The molecule has 1 N–H and O–H groups in total. The van der Waals surface area contributed by atoms with E-state index in [1.54, 1.807) is 0 Å². The molecule has 2 atom stereocenters. The summed E-state index contributed by atoms with van der Waals surface area (Å²) in [5.41, 5.74) is -0.431. The smallest absolute Gasteiger partial charge is 0.289 e. The highest BCUT2D eigenvalue weighted by Gasteiger charge is 2.26. The Morgan fingerprint density at radius 2 is 2.19 bits per heavy atom. The van der Waals surface area contributed by atoms with Gasteiger partial charge in [-0.25, -0.2) is 13.1 Å². The maximum absolute atomic E-state index is 12.3. The Morgan fingerprint density at radius 1 is 1.48 bits per heavy atom. The molecule has 1 aliphatic heterocycles. The van der Waals surface area contributed by atoms with Gasteiger partial charge in [-0.15, -0.1) is 0 Å². The van der Waals surface area contributed by atoms with E-state index in [9.17, 15) is 18.5 Å². The zero-order valence-corrected chi connectivity index (χ0v) is 12.9. The lowest BCUT2D eigenvalue weighted by Crippen LogP contribution is -2.41. The molecule has 116 valence electrons. The number of nitrogens with one attached hydrogen (secondary N) is 1. The van der Waals surface area contributed by atoms with E-state index in [-0.39, 0.29) is 22.1 Å². The van der Waals surface area contributed by atoms with E-state index in [1.165, 1.54) is 12.1 Å². The van der Waals surface area contributed by atoms with Crippen LogP contribution in [-0.4, -0.2) is 32.1 Å². The molecule has 0 aliphatic carbocycles. The van der Waals surface area contributed by atoms with Crippen LogP contribution in [0.1, 0.15) is 19.8 Å². The minimum absolute atomic E-state index is 0.0222. The molecular weight excluding hydrogens is 320 g/mol. The number of nitro groups is 1. The van der Waals surface area contributed by atoms with Gasteiger partial charge in [-0.3, -0.25) is 10.1 Å².